The lowest BCUT2D eigenvalue weighted by Crippen LogP contribution is -2.30. The van der Waals surface area contributed by atoms with Crippen LogP contribution in [0.5, 0.6) is 0 Å². The molecule has 96 heavy (non-hydrogen) atoms. The molecule has 0 saturated carbocycles. The maximum absolute atomic E-state index is 13.1. The third kappa shape index (κ3) is 67.9. The van der Waals surface area contributed by atoms with Crippen molar-refractivity contribution in [2.45, 2.75) is 414 Å². The Morgan fingerprint density at radius 3 is 0.792 bits per heavy atom. The minimum Gasteiger partial charge on any atom is -0.462 e. The van der Waals surface area contributed by atoms with Gasteiger partial charge in [-0.25, -0.2) is 9.13 Å². The number of carbonyl (C=O) groups is 4. The van der Waals surface area contributed by atoms with Gasteiger partial charge in [-0.05, 0) is 43.4 Å². The summed E-state index contributed by atoms with van der Waals surface area (Å²) in [5, 5.41) is 10.6. The van der Waals surface area contributed by atoms with Crippen LogP contribution in [-0.2, 0) is 65.4 Å². The van der Waals surface area contributed by atoms with Gasteiger partial charge in [-0.2, -0.15) is 0 Å². The van der Waals surface area contributed by atoms with Crippen molar-refractivity contribution in [3.63, 3.8) is 0 Å². The lowest BCUT2D eigenvalue weighted by Gasteiger charge is -2.21. The largest absolute Gasteiger partial charge is 0.472 e. The highest BCUT2D eigenvalue weighted by Crippen LogP contribution is 2.45. The van der Waals surface area contributed by atoms with Gasteiger partial charge in [0.05, 0.1) is 26.4 Å². The fraction of sp³-hybridized carbons (Fsp3) is 0.948. The molecular formula is C77H150O17P2. The van der Waals surface area contributed by atoms with Crippen molar-refractivity contribution < 1.29 is 80.2 Å². The van der Waals surface area contributed by atoms with E-state index in [0.29, 0.717) is 25.7 Å². The number of rotatable bonds is 75. The quantitative estimate of drug-likeness (QED) is 0.0222. The molecule has 0 aromatic rings. The molecule has 570 valence electrons. The van der Waals surface area contributed by atoms with E-state index in [1.165, 1.54) is 199 Å². The van der Waals surface area contributed by atoms with Gasteiger partial charge in [0, 0.05) is 25.7 Å². The summed E-state index contributed by atoms with van der Waals surface area (Å²) in [4.78, 5) is 72.8. The van der Waals surface area contributed by atoms with Gasteiger partial charge in [0.1, 0.15) is 19.3 Å². The number of carbonyl (C=O) groups excluding carboxylic acids is 4. The van der Waals surface area contributed by atoms with E-state index in [1.54, 1.807) is 0 Å². The fourth-order valence-electron chi connectivity index (χ4n) is 11.7. The summed E-state index contributed by atoms with van der Waals surface area (Å²) in [5.41, 5.74) is 0. The van der Waals surface area contributed by atoms with Crippen LogP contribution >= 0.6 is 15.6 Å². The van der Waals surface area contributed by atoms with Crippen molar-refractivity contribution in [2.75, 3.05) is 39.6 Å². The third-order valence-corrected chi connectivity index (χ3v) is 20.5. The van der Waals surface area contributed by atoms with Crippen LogP contribution in [0.1, 0.15) is 395 Å². The summed E-state index contributed by atoms with van der Waals surface area (Å²) < 4.78 is 68.5. The van der Waals surface area contributed by atoms with E-state index < -0.39 is 97.5 Å². The molecule has 0 aliphatic rings. The molecular weight excluding hydrogens is 1260 g/mol. The van der Waals surface area contributed by atoms with E-state index in [2.05, 4.69) is 48.5 Å². The molecule has 0 aromatic carbocycles. The van der Waals surface area contributed by atoms with E-state index in [-0.39, 0.29) is 25.7 Å². The van der Waals surface area contributed by atoms with Gasteiger partial charge in [0.2, 0.25) is 0 Å². The first-order chi connectivity index (χ1) is 46.3. The Labute approximate surface area is 588 Å². The Kier molecular flexibility index (Phi) is 66.2. The molecule has 19 heteroatoms. The number of hydrogen-bond donors (Lipinski definition) is 3. The Morgan fingerprint density at radius 1 is 0.302 bits per heavy atom. The molecule has 0 rings (SSSR count). The predicted octanol–water partition coefficient (Wildman–Crippen LogP) is 22.6. The van der Waals surface area contributed by atoms with Crippen LogP contribution in [0.2, 0.25) is 0 Å². The minimum absolute atomic E-state index is 0.102. The topological polar surface area (TPSA) is 237 Å². The Hall–Kier alpha value is -1.94. The summed E-state index contributed by atoms with van der Waals surface area (Å²) >= 11 is 0. The molecule has 0 radical (unpaired) electrons. The maximum Gasteiger partial charge on any atom is 0.472 e. The van der Waals surface area contributed by atoms with Crippen LogP contribution in [0.4, 0.5) is 0 Å². The SMILES string of the molecule is CCCCCCCCCCCCCCCCCC(=O)OC[C@H](COP(=O)(O)OC[C@@H](O)COP(=O)(O)OC[C@@H](COC(=O)CCCCCCCCC(C)CC)OC(=O)CCCCCCCCC(C)CC)OC(=O)CCCCCCCCCCCCCCCCCCCCC(C)C. The summed E-state index contributed by atoms with van der Waals surface area (Å²) in [6, 6.07) is 0. The minimum atomic E-state index is -4.96. The molecule has 7 atom stereocenters. The molecule has 0 fully saturated rings. The van der Waals surface area contributed by atoms with E-state index >= 15 is 0 Å². The summed E-state index contributed by atoms with van der Waals surface area (Å²) in [6.07, 6.45) is 54.3. The van der Waals surface area contributed by atoms with E-state index in [9.17, 15) is 43.2 Å². The van der Waals surface area contributed by atoms with Gasteiger partial charge in [0.15, 0.2) is 12.2 Å². The monoisotopic (exact) mass is 1410 g/mol. The molecule has 0 aliphatic carbocycles. The first-order valence-corrected chi connectivity index (χ1v) is 42.9. The summed E-state index contributed by atoms with van der Waals surface area (Å²) in [7, 11) is -9.91. The summed E-state index contributed by atoms with van der Waals surface area (Å²) in [6.45, 7) is 11.8. The summed E-state index contributed by atoms with van der Waals surface area (Å²) in [5.74, 6) is 0.151. The second-order valence-corrected chi connectivity index (χ2v) is 31.6. The van der Waals surface area contributed by atoms with Crippen molar-refractivity contribution >= 4 is 39.5 Å². The molecule has 0 amide bonds. The highest BCUT2D eigenvalue weighted by molar-refractivity contribution is 7.47. The number of esters is 4. The van der Waals surface area contributed by atoms with E-state index in [0.717, 1.165) is 114 Å². The molecule has 4 unspecified atom stereocenters. The molecule has 0 saturated heterocycles. The second-order valence-electron chi connectivity index (χ2n) is 28.7. The normalized spacial score (nSPS) is 14.6. The third-order valence-electron chi connectivity index (χ3n) is 18.6. The van der Waals surface area contributed by atoms with Crippen LogP contribution in [0, 0.1) is 17.8 Å². The Morgan fingerprint density at radius 2 is 0.531 bits per heavy atom. The van der Waals surface area contributed by atoms with E-state index in [4.69, 9.17) is 37.0 Å². The number of aliphatic hydroxyl groups is 1. The fourth-order valence-corrected chi connectivity index (χ4v) is 13.3. The van der Waals surface area contributed by atoms with Gasteiger partial charge in [-0.1, -0.05) is 344 Å². The number of aliphatic hydroxyl groups excluding tert-OH is 1. The standard InChI is InChI=1S/C77H150O17P2/c1-8-11-12-13-14-15-16-17-22-26-29-32-35-44-51-58-74(79)87-64-72(93-76(81)60-53-46-36-33-30-27-24-21-19-18-20-23-25-28-31-34-41-48-55-68(4)5)66-91-95(83,84)89-62-71(78)63-90-96(85,86)92-67-73(94-77(82)61-54-47-40-38-43-50-57-70(7)10-3)65-88-75(80)59-52-45-39-37-42-49-56-69(6)9-2/h68-73,78H,8-67H2,1-7H3,(H,83,84)(H,85,86)/t69?,70?,71-,72-,73-/m1/s1. The lowest BCUT2D eigenvalue weighted by atomic mass is 10.00. The smallest absolute Gasteiger partial charge is 0.462 e. The first-order valence-electron chi connectivity index (χ1n) is 39.9. The number of phosphoric acid groups is 2. The first kappa shape index (κ1) is 94.1. The number of ether oxygens (including phenoxy) is 4. The molecule has 0 spiro atoms. The van der Waals surface area contributed by atoms with E-state index in [1.807, 2.05) is 0 Å². The van der Waals surface area contributed by atoms with Crippen LogP contribution in [-0.4, -0.2) is 96.7 Å². The average Bonchev–Trinajstić information content (AvgIpc) is 1.44. The zero-order chi connectivity index (χ0) is 70.9. The van der Waals surface area contributed by atoms with Crippen LogP contribution in [0.3, 0.4) is 0 Å². The Balaban J connectivity index is 5.20. The van der Waals surface area contributed by atoms with Crippen molar-refractivity contribution in [1.29, 1.82) is 0 Å². The number of unbranched alkanes of at least 4 members (excludes halogenated alkanes) is 41. The van der Waals surface area contributed by atoms with Gasteiger partial charge in [-0.15, -0.1) is 0 Å². The van der Waals surface area contributed by atoms with Crippen molar-refractivity contribution in [3.8, 4) is 0 Å². The van der Waals surface area contributed by atoms with Crippen molar-refractivity contribution in [1.82, 2.24) is 0 Å². The van der Waals surface area contributed by atoms with Crippen molar-refractivity contribution in [2.24, 2.45) is 17.8 Å². The van der Waals surface area contributed by atoms with Crippen LogP contribution in [0.15, 0.2) is 0 Å². The Bertz CT molecular complexity index is 1870. The molecule has 0 bridgehead atoms. The number of phosphoric ester groups is 2. The van der Waals surface area contributed by atoms with Crippen LogP contribution in [0.25, 0.3) is 0 Å². The molecule has 17 nitrogen and oxygen atoms in total. The van der Waals surface area contributed by atoms with Crippen LogP contribution < -0.4 is 0 Å². The lowest BCUT2D eigenvalue weighted by molar-refractivity contribution is -0.161. The van der Waals surface area contributed by atoms with Gasteiger partial charge < -0.3 is 33.8 Å². The number of hydrogen-bond acceptors (Lipinski definition) is 15. The highest BCUT2D eigenvalue weighted by atomic mass is 31.2. The maximum atomic E-state index is 13.1. The zero-order valence-corrected chi connectivity index (χ0v) is 64.6. The molecule has 0 heterocycles. The highest BCUT2D eigenvalue weighted by Gasteiger charge is 2.30. The molecule has 3 N–H and O–H groups in total. The predicted molar refractivity (Wildman–Crippen MR) is 391 cm³/mol. The second kappa shape index (κ2) is 67.5. The zero-order valence-electron chi connectivity index (χ0n) is 62.8. The van der Waals surface area contributed by atoms with Gasteiger partial charge in [-0.3, -0.25) is 37.3 Å². The van der Waals surface area contributed by atoms with Gasteiger partial charge >= 0.3 is 39.5 Å². The molecule has 0 aromatic heterocycles. The van der Waals surface area contributed by atoms with Crippen molar-refractivity contribution in [3.05, 3.63) is 0 Å². The average molecular weight is 1410 g/mol. The van der Waals surface area contributed by atoms with Gasteiger partial charge in [0.25, 0.3) is 0 Å². The molecule has 0 aliphatic heterocycles.